The maximum Gasteiger partial charge on any atom is 0.264 e. The molecule has 2 fully saturated rings. The summed E-state index contributed by atoms with van der Waals surface area (Å²) in [5, 5.41) is 3.86. The lowest BCUT2D eigenvalue weighted by atomic mass is 9.98. The summed E-state index contributed by atoms with van der Waals surface area (Å²) in [6.45, 7) is 2.79. The Bertz CT molecular complexity index is 1080. The van der Waals surface area contributed by atoms with Crippen LogP contribution in [0.4, 0.5) is 0 Å². The van der Waals surface area contributed by atoms with E-state index in [0.29, 0.717) is 24.4 Å². The van der Waals surface area contributed by atoms with E-state index in [1.807, 2.05) is 49.4 Å². The van der Waals surface area contributed by atoms with Crippen molar-refractivity contribution in [3.63, 3.8) is 0 Å². The normalized spacial score (nSPS) is 27.5. The summed E-state index contributed by atoms with van der Waals surface area (Å²) in [7, 11) is -3.56. The fourth-order valence-corrected chi connectivity index (χ4v) is 6.04. The van der Waals surface area contributed by atoms with Crippen molar-refractivity contribution >= 4 is 15.9 Å². The molecule has 0 bridgehead atoms. The molecule has 0 aromatic heterocycles. The van der Waals surface area contributed by atoms with Gasteiger partial charge < -0.3 is 0 Å². The molecule has 3 aliphatic heterocycles. The van der Waals surface area contributed by atoms with Crippen molar-refractivity contribution in [2.24, 2.45) is 0 Å². The smallest absolute Gasteiger partial charge is 0.264 e. The van der Waals surface area contributed by atoms with Crippen molar-refractivity contribution in [3.8, 4) is 0 Å². The molecule has 28 heavy (non-hydrogen) atoms. The molecular weight excluding hydrogens is 374 g/mol. The van der Waals surface area contributed by atoms with Crippen LogP contribution in [-0.4, -0.2) is 41.2 Å². The van der Waals surface area contributed by atoms with Crippen LogP contribution in [0.3, 0.4) is 0 Å². The van der Waals surface area contributed by atoms with Crippen LogP contribution >= 0.6 is 0 Å². The average Bonchev–Trinajstić information content (AvgIpc) is 3.28. The molecule has 0 N–H and O–H groups in total. The number of hydrazine groups is 1. The lowest BCUT2D eigenvalue weighted by Gasteiger charge is -2.29. The minimum atomic E-state index is -3.56. The van der Waals surface area contributed by atoms with Crippen molar-refractivity contribution in [1.82, 2.24) is 14.3 Å². The van der Waals surface area contributed by atoms with Crippen molar-refractivity contribution in [2.75, 3.05) is 6.54 Å². The minimum Gasteiger partial charge on any atom is -0.273 e. The summed E-state index contributed by atoms with van der Waals surface area (Å²) in [6, 6.07) is 17.0. The zero-order valence-electron chi connectivity index (χ0n) is 15.5. The Morgan fingerprint density at radius 1 is 1.00 bits per heavy atom. The third-order valence-electron chi connectivity index (χ3n) is 5.75. The van der Waals surface area contributed by atoms with E-state index in [9.17, 15) is 13.2 Å². The summed E-state index contributed by atoms with van der Waals surface area (Å²) in [6.07, 6.45) is 2.23. The van der Waals surface area contributed by atoms with Crippen molar-refractivity contribution in [2.45, 2.75) is 36.9 Å². The predicted molar refractivity (Wildman–Crippen MR) is 104 cm³/mol. The number of carbonyl (C=O) groups excluding carboxylic acids is 1. The Morgan fingerprint density at radius 2 is 1.71 bits per heavy atom. The average molecular weight is 395 g/mol. The Labute approximate surface area is 164 Å². The summed E-state index contributed by atoms with van der Waals surface area (Å²) in [5.74, 6) is 0.0874. The van der Waals surface area contributed by atoms with Crippen LogP contribution in [0, 0.1) is 0 Å². The van der Waals surface area contributed by atoms with Gasteiger partial charge in [-0.25, -0.2) is 13.4 Å². The highest BCUT2D eigenvalue weighted by Crippen LogP contribution is 2.43. The van der Waals surface area contributed by atoms with Gasteiger partial charge in [-0.15, -0.1) is 0 Å². The lowest BCUT2D eigenvalue weighted by molar-refractivity contribution is -0.135. The van der Waals surface area contributed by atoms with Crippen molar-refractivity contribution in [3.05, 3.63) is 77.5 Å². The molecule has 7 heteroatoms. The van der Waals surface area contributed by atoms with Crippen LogP contribution in [-0.2, 0) is 21.4 Å². The van der Waals surface area contributed by atoms with Gasteiger partial charge in [0, 0.05) is 18.7 Å². The van der Waals surface area contributed by atoms with Crippen molar-refractivity contribution in [1.29, 1.82) is 0 Å². The number of hydrogen-bond acceptors (Lipinski definition) is 4. The summed E-state index contributed by atoms with van der Waals surface area (Å²) in [5.41, 5.74) is 2.79. The van der Waals surface area contributed by atoms with Gasteiger partial charge in [-0.05, 0) is 29.7 Å². The standard InChI is InChI=1S/C21H21N3O3S/c1-15-11-20(25)23-14-18(21(24(15)23)16-7-3-2-4-8-16)13-22-12-17-9-5-6-10-19(17)28(22,26)27/h2-10,13,15,21H,11-12,14H2,1H3/b18-13+. The quantitative estimate of drug-likeness (QED) is 0.784. The monoisotopic (exact) mass is 395 g/mol. The van der Waals surface area contributed by atoms with Crippen molar-refractivity contribution < 1.29 is 13.2 Å². The van der Waals surface area contributed by atoms with Gasteiger partial charge in [-0.3, -0.25) is 14.1 Å². The number of nitrogens with zero attached hydrogens (tertiary/aromatic N) is 3. The molecule has 2 unspecified atom stereocenters. The zero-order chi connectivity index (χ0) is 19.5. The molecule has 2 aromatic carbocycles. The number of carbonyl (C=O) groups is 1. The van der Waals surface area contributed by atoms with Gasteiger partial charge in [0.05, 0.1) is 24.0 Å². The Morgan fingerprint density at radius 3 is 2.46 bits per heavy atom. The highest BCUT2D eigenvalue weighted by atomic mass is 32.2. The first-order valence-corrected chi connectivity index (χ1v) is 10.8. The molecule has 2 atom stereocenters. The van der Waals surface area contributed by atoms with Crippen LogP contribution in [0.2, 0.25) is 0 Å². The minimum absolute atomic E-state index is 0.0796. The number of amides is 1. The molecule has 1 amide bonds. The van der Waals surface area contributed by atoms with Gasteiger partial charge in [-0.2, -0.15) is 0 Å². The summed E-state index contributed by atoms with van der Waals surface area (Å²) >= 11 is 0. The molecule has 0 saturated carbocycles. The first-order chi connectivity index (χ1) is 13.5. The Kier molecular flexibility index (Phi) is 3.86. The molecule has 2 saturated heterocycles. The third-order valence-corrected chi connectivity index (χ3v) is 7.55. The van der Waals surface area contributed by atoms with E-state index in [1.54, 1.807) is 23.3 Å². The van der Waals surface area contributed by atoms with Crippen LogP contribution in [0.15, 0.2) is 71.3 Å². The Hall–Kier alpha value is -2.64. The highest BCUT2D eigenvalue weighted by molar-refractivity contribution is 7.89. The van der Waals surface area contributed by atoms with E-state index < -0.39 is 10.0 Å². The number of hydrogen-bond donors (Lipinski definition) is 0. The molecule has 144 valence electrons. The van der Waals surface area contributed by atoms with Crippen LogP contribution in [0.25, 0.3) is 0 Å². The zero-order valence-corrected chi connectivity index (χ0v) is 16.3. The van der Waals surface area contributed by atoms with Gasteiger partial charge in [-0.1, -0.05) is 48.5 Å². The topological polar surface area (TPSA) is 60.9 Å². The van der Waals surface area contributed by atoms with Gasteiger partial charge >= 0.3 is 0 Å². The summed E-state index contributed by atoms with van der Waals surface area (Å²) < 4.78 is 27.4. The SMILES string of the molecule is CC1CC(=O)N2C/C(=C\N3Cc4ccccc4S3(=O)=O)C(c3ccccc3)N12. The van der Waals surface area contributed by atoms with Crippen LogP contribution in [0.1, 0.15) is 30.5 Å². The van der Waals surface area contributed by atoms with Gasteiger partial charge in [0.25, 0.3) is 10.0 Å². The fourth-order valence-electron chi connectivity index (χ4n) is 4.49. The number of rotatable bonds is 2. The lowest BCUT2D eigenvalue weighted by Crippen LogP contribution is -2.36. The number of sulfonamides is 1. The predicted octanol–water partition coefficient (Wildman–Crippen LogP) is 2.67. The number of benzene rings is 2. The van der Waals surface area contributed by atoms with Gasteiger partial charge in [0.2, 0.25) is 5.91 Å². The van der Waals surface area contributed by atoms with Gasteiger partial charge in [0.15, 0.2) is 0 Å². The second kappa shape index (κ2) is 6.18. The van der Waals surface area contributed by atoms with Crippen LogP contribution < -0.4 is 0 Å². The van der Waals surface area contributed by atoms with E-state index in [4.69, 9.17) is 0 Å². The summed E-state index contributed by atoms with van der Waals surface area (Å²) in [4.78, 5) is 12.8. The van der Waals surface area contributed by atoms with E-state index in [1.165, 1.54) is 4.31 Å². The molecular formula is C21H21N3O3S. The molecule has 3 aliphatic rings. The van der Waals surface area contributed by atoms with E-state index >= 15 is 0 Å². The number of fused-ring (bicyclic) bond motifs is 2. The maximum absolute atomic E-state index is 13.0. The molecule has 3 heterocycles. The molecule has 5 rings (SSSR count). The third kappa shape index (κ3) is 2.50. The molecule has 0 aliphatic carbocycles. The molecule has 6 nitrogen and oxygen atoms in total. The highest BCUT2D eigenvalue weighted by Gasteiger charge is 2.47. The second-order valence-electron chi connectivity index (χ2n) is 7.56. The maximum atomic E-state index is 13.0. The first kappa shape index (κ1) is 17.5. The van der Waals surface area contributed by atoms with Crippen LogP contribution in [0.5, 0.6) is 0 Å². The molecule has 0 radical (unpaired) electrons. The van der Waals surface area contributed by atoms with E-state index in [-0.39, 0.29) is 18.0 Å². The fraction of sp³-hybridized carbons (Fsp3) is 0.286. The first-order valence-electron chi connectivity index (χ1n) is 9.41. The van der Waals surface area contributed by atoms with E-state index in [2.05, 4.69) is 5.01 Å². The second-order valence-corrected chi connectivity index (χ2v) is 9.42. The largest absolute Gasteiger partial charge is 0.273 e. The van der Waals surface area contributed by atoms with Gasteiger partial charge in [0.1, 0.15) is 0 Å². The Balaban J connectivity index is 1.58. The molecule has 0 spiro atoms. The van der Waals surface area contributed by atoms with E-state index in [0.717, 1.165) is 16.7 Å². The molecule has 2 aromatic rings.